The minimum Gasteiger partial charge on any atom is -0.507 e. The molecule has 0 aliphatic heterocycles. The van der Waals surface area contributed by atoms with Crippen LogP contribution in [0, 0.1) is 12.7 Å². The predicted octanol–water partition coefficient (Wildman–Crippen LogP) is 3.12. The average molecular weight is 358 g/mol. The van der Waals surface area contributed by atoms with Crippen molar-refractivity contribution in [1.82, 2.24) is 10.6 Å². The van der Waals surface area contributed by atoms with Gasteiger partial charge < -0.3 is 15.7 Å². The van der Waals surface area contributed by atoms with Crippen molar-refractivity contribution in [3.8, 4) is 5.75 Å². The van der Waals surface area contributed by atoms with Gasteiger partial charge in [-0.15, -0.1) is 0 Å². The summed E-state index contributed by atoms with van der Waals surface area (Å²) in [6.07, 6.45) is 0. The molecule has 5 nitrogen and oxygen atoms in total. The number of aromatic hydroxyl groups is 1. The van der Waals surface area contributed by atoms with Crippen LogP contribution in [0.1, 0.15) is 51.6 Å². The van der Waals surface area contributed by atoms with E-state index in [4.69, 9.17) is 0 Å². The van der Waals surface area contributed by atoms with E-state index < -0.39 is 17.6 Å². The van der Waals surface area contributed by atoms with Gasteiger partial charge in [-0.2, -0.15) is 0 Å². The van der Waals surface area contributed by atoms with Crippen LogP contribution in [0.5, 0.6) is 5.75 Å². The fourth-order valence-corrected chi connectivity index (χ4v) is 2.38. The highest BCUT2D eigenvalue weighted by Crippen LogP contribution is 2.23. The van der Waals surface area contributed by atoms with Crippen LogP contribution >= 0.6 is 0 Å². The van der Waals surface area contributed by atoms with Crippen molar-refractivity contribution in [3.05, 3.63) is 64.5 Å². The van der Waals surface area contributed by atoms with Gasteiger partial charge in [-0.3, -0.25) is 9.59 Å². The summed E-state index contributed by atoms with van der Waals surface area (Å²) in [6, 6.07) is 9.19. The number of phenolic OH excluding ortho intramolecular Hbond substituents is 1. The minimum atomic E-state index is -0.438. The molecule has 2 aromatic rings. The number of carbonyl (C=O) groups excluding carboxylic acids is 2. The van der Waals surface area contributed by atoms with Crippen LogP contribution in [-0.4, -0.2) is 30.0 Å². The first-order valence-corrected chi connectivity index (χ1v) is 8.45. The Kier molecular flexibility index (Phi) is 6.33. The molecule has 0 aromatic heterocycles. The molecule has 2 rings (SSSR count). The molecule has 0 fully saturated rings. The van der Waals surface area contributed by atoms with E-state index in [2.05, 4.69) is 10.6 Å². The van der Waals surface area contributed by atoms with Crippen LogP contribution < -0.4 is 10.6 Å². The molecule has 0 saturated heterocycles. The molecular weight excluding hydrogens is 335 g/mol. The van der Waals surface area contributed by atoms with Gasteiger partial charge in [0.1, 0.15) is 11.6 Å². The summed E-state index contributed by atoms with van der Waals surface area (Å²) >= 11 is 0. The third kappa shape index (κ3) is 4.81. The molecule has 0 bridgehead atoms. The fraction of sp³-hybridized carbons (Fsp3) is 0.300. The Labute approximate surface area is 152 Å². The van der Waals surface area contributed by atoms with E-state index in [1.54, 1.807) is 25.1 Å². The third-order valence-electron chi connectivity index (χ3n) is 4.06. The van der Waals surface area contributed by atoms with Crippen LogP contribution in [0.15, 0.2) is 36.4 Å². The first-order valence-electron chi connectivity index (χ1n) is 8.45. The van der Waals surface area contributed by atoms with E-state index >= 15 is 0 Å². The third-order valence-corrected chi connectivity index (χ3v) is 4.06. The first kappa shape index (κ1) is 19.4. The molecule has 2 aromatic carbocycles. The number of carbonyl (C=O) groups is 2. The molecule has 0 saturated carbocycles. The van der Waals surface area contributed by atoms with E-state index in [1.807, 2.05) is 13.8 Å². The summed E-state index contributed by atoms with van der Waals surface area (Å²) in [4.78, 5) is 24.2. The van der Waals surface area contributed by atoms with Crippen molar-refractivity contribution < 1.29 is 19.1 Å². The zero-order chi connectivity index (χ0) is 19.3. The van der Waals surface area contributed by atoms with Gasteiger partial charge in [0.15, 0.2) is 0 Å². The number of rotatable bonds is 6. The Bertz CT molecular complexity index is 819. The second kappa shape index (κ2) is 8.47. The van der Waals surface area contributed by atoms with Gasteiger partial charge in [0.2, 0.25) is 0 Å². The summed E-state index contributed by atoms with van der Waals surface area (Å²) in [7, 11) is 0. The highest BCUT2D eigenvalue weighted by Gasteiger charge is 2.13. The van der Waals surface area contributed by atoms with Gasteiger partial charge in [0, 0.05) is 18.7 Å². The van der Waals surface area contributed by atoms with Crippen LogP contribution in [0.4, 0.5) is 4.39 Å². The molecule has 2 amide bonds. The molecule has 0 spiro atoms. The topological polar surface area (TPSA) is 78.4 Å². The van der Waals surface area contributed by atoms with E-state index in [0.717, 1.165) is 5.56 Å². The molecule has 0 atom stereocenters. The van der Waals surface area contributed by atoms with E-state index in [-0.39, 0.29) is 35.9 Å². The summed E-state index contributed by atoms with van der Waals surface area (Å²) in [6.45, 7) is 5.99. The van der Waals surface area contributed by atoms with Crippen LogP contribution in [0.3, 0.4) is 0 Å². The summed E-state index contributed by atoms with van der Waals surface area (Å²) in [5.41, 5.74) is 1.84. The zero-order valence-corrected chi connectivity index (χ0v) is 15.1. The lowest BCUT2D eigenvalue weighted by molar-refractivity contribution is 0.0926. The van der Waals surface area contributed by atoms with Crippen molar-refractivity contribution in [2.75, 3.05) is 13.1 Å². The molecular formula is C20H23FN2O3. The summed E-state index contributed by atoms with van der Waals surface area (Å²) < 4.78 is 13.5. The van der Waals surface area contributed by atoms with Gasteiger partial charge >= 0.3 is 0 Å². The summed E-state index contributed by atoms with van der Waals surface area (Å²) in [5, 5.41) is 15.1. The van der Waals surface area contributed by atoms with E-state index in [0.29, 0.717) is 5.56 Å². The number of phenols is 1. The van der Waals surface area contributed by atoms with Crippen molar-refractivity contribution in [2.45, 2.75) is 26.7 Å². The Morgan fingerprint density at radius 1 is 1.04 bits per heavy atom. The Hall–Kier alpha value is -2.89. The predicted molar refractivity (Wildman–Crippen MR) is 98.0 cm³/mol. The number of aryl methyl sites for hydroxylation is 1. The number of nitrogens with one attached hydrogen (secondary N) is 2. The maximum absolute atomic E-state index is 13.5. The van der Waals surface area contributed by atoms with E-state index in [9.17, 15) is 19.1 Å². The normalized spacial score (nSPS) is 10.7. The minimum absolute atomic E-state index is 0.0916. The lowest BCUT2D eigenvalue weighted by Gasteiger charge is -2.11. The zero-order valence-electron chi connectivity index (χ0n) is 15.1. The lowest BCUT2D eigenvalue weighted by atomic mass is 10.00. The Morgan fingerprint density at radius 3 is 2.31 bits per heavy atom. The van der Waals surface area contributed by atoms with E-state index in [1.165, 1.54) is 18.2 Å². The smallest absolute Gasteiger partial charge is 0.255 e. The maximum Gasteiger partial charge on any atom is 0.255 e. The molecule has 0 unspecified atom stereocenters. The fourth-order valence-electron chi connectivity index (χ4n) is 2.38. The number of hydrogen-bond donors (Lipinski definition) is 3. The van der Waals surface area contributed by atoms with Crippen LogP contribution in [-0.2, 0) is 0 Å². The molecule has 0 radical (unpaired) electrons. The van der Waals surface area contributed by atoms with Crippen molar-refractivity contribution in [2.24, 2.45) is 0 Å². The number of halogens is 1. The van der Waals surface area contributed by atoms with Gasteiger partial charge in [-0.25, -0.2) is 4.39 Å². The van der Waals surface area contributed by atoms with Crippen LogP contribution in [0.2, 0.25) is 0 Å². The van der Waals surface area contributed by atoms with Crippen LogP contribution in [0.25, 0.3) is 0 Å². The second-order valence-electron chi connectivity index (χ2n) is 6.41. The number of benzene rings is 2. The molecule has 0 aliphatic carbocycles. The molecule has 0 aliphatic rings. The van der Waals surface area contributed by atoms with Gasteiger partial charge in [0.25, 0.3) is 11.8 Å². The maximum atomic E-state index is 13.5. The lowest BCUT2D eigenvalue weighted by Crippen LogP contribution is -2.34. The van der Waals surface area contributed by atoms with Crippen molar-refractivity contribution in [1.29, 1.82) is 0 Å². The van der Waals surface area contributed by atoms with Gasteiger partial charge in [-0.1, -0.05) is 26.0 Å². The average Bonchev–Trinajstić information content (AvgIpc) is 2.60. The molecule has 3 N–H and O–H groups in total. The standard InChI is InChI=1S/C20H23FN2O3/c1-12(2)14-6-7-18(24)16(10-14)20(26)23-9-8-22-19(25)15-5-4-13(3)17(21)11-15/h4-7,10-12,24H,8-9H2,1-3H3,(H,22,25)(H,23,26). The second-order valence-corrected chi connectivity index (χ2v) is 6.41. The van der Waals surface area contributed by atoms with Gasteiger partial charge in [-0.05, 0) is 48.2 Å². The monoisotopic (exact) mass is 358 g/mol. The molecule has 26 heavy (non-hydrogen) atoms. The number of amides is 2. The summed E-state index contributed by atoms with van der Waals surface area (Å²) in [5.74, 6) is -1.13. The largest absolute Gasteiger partial charge is 0.507 e. The quantitative estimate of drug-likeness (QED) is 0.694. The number of hydrogen-bond acceptors (Lipinski definition) is 3. The van der Waals surface area contributed by atoms with Gasteiger partial charge in [0.05, 0.1) is 5.56 Å². The highest BCUT2D eigenvalue weighted by molar-refractivity contribution is 5.97. The highest BCUT2D eigenvalue weighted by atomic mass is 19.1. The molecule has 138 valence electrons. The molecule has 6 heteroatoms. The first-order chi connectivity index (χ1) is 12.3. The van der Waals surface area contributed by atoms with Crippen molar-refractivity contribution in [3.63, 3.8) is 0 Å². The van der Waals surface area contributed by atoms with Crippen molar-refractivity contribution >= 4 is 11.8 Å². The SMILES string of the molecule is Cc1ccc(C(=O)NCCNC(=O)c2cc(C(C)C)ccc2O)cc1F. The Morgan fingerprint density at radius 2 is 1.69 bits per heavy atom. The Balaban J connectivity index is 1.87. The molecule has 0 heterocycles.